The molecule has 1 heterocycles. The van der Waals surface area contributed by atoms with E-state index in [1.54, 1.807) is 0 Å². The number of amidine groups is 1. The summed E-state index contributed by atoms with van der Waals surface area (Å²) in [5.74, 6) is 1.13. The second-order valence-electron chi connectivity index (χ2n) is 8.25. The first-order chi connectivity index (χ1) is 14.3. The summed E-state index contributed by atoms with van der Waals surface area (Å²) in [6, 6.07) is 7.40. The number of carbonyl (C=O) groups excluding carboxylic acids is 1. The van der Waals surface area contributed by atoms with Crippen molar-refractivity contribution in [3.05, 3.63) is 29.8 Å². The molecule has 1 aliphatic heterocycles. The Kier molecular flexibility index (Phi) is 9.19. The van der Waals surface area contributed by atoms with Crippen LogP contribution in [0.5, 0.6) is 5.75 Å². The lowest BCUT2D eigenvalue weighted by molar-refractivity contribution is 0.0322. The molecule has 168 valence electrons. The molecule has 1 aliphatic rings. The van der Waals surface area contributed by atoms with Crippen molar-refractivity contribution in [2.45, 2.75) is 33.4 Å². The van der Waals surface area contributed by atoms with Crippen LogP contribution in [-0.2, 0) is 16.0 Å². The maximum absolute atomic E-state index is 11.6. The first-order valence-corrected chi connectivity index (χ1v) is 10.2. The predicted molar refractivity (Wildman–Crippen MR) is 116 cm³/mol. The number of methoxy groups -OCH3 is 1. The quantitative estimate of drug-likeness (QED) is 0.315. The number of benzene rings is 1. The van der Waals surface area contributed by atoms with Crippen molar-refractivity contribution in [1.29, 1.82) is 0 Å². The van der Waals surface area contributed by atoms with E-state index in [1.165, 1.54) is 7.11 Å². The van der Waals surface area contributed by atoms with Crippen molar-refractivity contribution in [2.24, 2.45) is 16.3 Å². The summed E-state index contributed by atoms with van der Waals surface area (Å²) in [4.78, 5) is 13.9. The van der Waals surface area contributed by atoms with Gasteiger partial charge in [0.1, 0.15) is 18.2 Å². The van der Waals surface area contributed by atoms with Gasteiger partial charge >= 0.3 is 6.09 Å². The van der Waals surface area contributed by atoms with Gasteiger partial charge in [0, 0.05) is 19.6 Å². The summed E-state index contributed by atoms with van der Waals surface area (Å²) >= 11 is 0. The van der Waals surface area contributed by atoms with Gasteiger partial charge in [-0.3, -0.25) is 4.90 Å². The number of hydrogen-bond acceptors (Lipinski definition) is 7. The van der Waals surface area contributed by atoms with E-state index in [4.69, 9.17) is 15.2 Å². The van der Waals surface area contributed by atoms with Gasteiger partial charge in [0.25, 0.3) is 0 Å². The predicted octanol–water partition coefficient (Wildman–Crippen LogP) is 1.53. The van der Waals surface area contributed by atoms with Crippen LogP contribution in [0.15, 0.2) is 29.4 Å². The Morgan fingerprint density at radius 2 is 1.93 bits per heavy atom. The molecule has 1 fully saturated rings. The van der Waals surface area contributed by atoms with Gasteiger partial charge in [-0.05, 0) is 23.1 Å². The van der Waals surface area contributed by atoms with E-state index in [-0.39, 0.29) is 11.3 Å². The first-order valence-electron chi connectivity index (χ1n) is 10.2. The number of ether oxygens (including phenoxy) is 3. The van der Waals surface area contributed by atoms with Crippen LogP contribution in [0, 0.1) is 5.41 Å². The molecule has 0 unspecified atom stereocenters. The van der Waals surface area contributed by atoms with E-state index < -0.39 is 12.1 Å². The average molecular weight is 422 g/mol. The molecular weight excluding hydrogens is 386 g/mol. The fourth-order valence-corrected chi connectivity index (χ4v) is 3.02. The molecule has 2 rings (SSSR count). The van der Waals surface area contributed by atoms with Crippen LogP contribution in [0.1, 0.15) is 26.3 Å². The summed E-state index contributed by atoms with van der Waals surface area (Å²) in [5, 5.41) is 6.95. The minimum Gasteiger partial charge on any atom is -0.492 e. The van der Waals surface area contributed by atoms with Crippen molar-refractivity contribution in [2.75, 3.05) is 46.6 Å². The van der Waals surface area contributed by atoms with Crippen molar-refractivity contribution >= 4 is 11.9 Å². The van der Waals surface area contributed by atoms with Gasteiger partial charge in [-0.15, -0.1) is 0 Å². The molecule has 1 aromatic rings. The highest BCUT2D eigenvalue weighted by Crippen LogP contribution is 2.19. The molecule has 0 spiro atoms. The second-order valence-corrected chi connectivity index (χ2v) is 8.25. The highest BCUT2D eigenvalue weighted by molar-refractivity contribution is 5.89. The average Bonchev–Trinajstić information content (AvgIpc) is 2.72. The summed E-state index contributed by atoms with van der Waals surface area (Å²) in [6.07, 6.45) is -0.544. The highest BCUT2D eigenvalue weighted by Gasteiger charge is 2.30. The van der Waals surface area contributed by atoms with Crippen LogP contribution in [-0.4, -0.2) is 69.4 Å². The van der Waals surface area contributed by atoms with E-state index in [9.17, 15) is 4.79 Å². The summed E-state index contributed by atoms with van der Waals surface area (Å²) < 4.78 is 15.8. The zero-order chi connectivity index (χ0) is 22.0. The van der Waals surface area contributed by atoms with Crippen LogP contribution >= 0.6 is 0 Å². The van der Waals surface area contributed by atoms with Gasteiger partial charge in [0.15, 0.2) is 0 Å². The first kappa shape index (κ1) is 23.8. The molecule has 1 amide bonds. The monoisotopic (exact) mass is 421 g/mol. The maximum atomic E-state index is 11.6. The third-order valence-electron chi connectivity index (χ3n) is 4.80. The Morgan fingerprint density at radius 1 is 1.27 bits per heavy atom. The number of hydrogen-bond donors (Lipinski definition) is 3. The summed E-state index contributed by atoms with van der Waals surface area (Å²) in [5.41, 5.74) is 9.79. The van der Waals surface area contributed by atoms with Gasteiger partial charge in [0.2, 0.25) is 0 Å². The molecule has 0 aromatic heterocycles. The van der Waals surface area contributed by atoms with E-state index in [0.717, 1.165) is 44.2 Å². The number of nitrogens with two attached hydrogens (primary N) is 1. The Bertz CT molecular complexity index is 682. The molecule has 9 nitrogen and oxygen atoms in total. The molecule has 0 radical (unpaired) electrons. The molecule has 0 saturated carbocycles. The minimum atomic E-state index is -0.544. The Balaban J connectivity index is 1.79. The number of alkyl carbamates (subject to hydrolysis) is 1. The third kappa shape index (κ3) is 8.08. The Hall–Kier alpha value is -2.52. The molecule has 0 bridgehead atoms. The second kappa shape index (κ2) is 11.6. The van der Waals surface area contributed by atoms with Crippen LogP contribution in [0.2, 0.25) is 0 Å². The molecule has 1 atom stereocenters. The van der Waals surface area contributed by atoms with Gasteiger partial charge < -0.3 is 30.7 Å². The lowest BCUT2D eigenvalue weighted by Crippen LogP contribution is -2.52. The number of nitrogens with zero attached hydrogens (tertiary/aromatic N) is 2. The van der Waals surface area contributed by atoms with E-state index in [0.29, 0.717) is 13.2 Å². The van der Waals surface area contributed by atoms with Gasteiger partial charge in [0.05, 0.1) is 32.9 Å². The largest absolute Gasteiger partial charge is 0.492 e. The van der Waals surface area contributed by atoms with E-state index >= 15 is 0 Å². The third-order valence-corrected chi connectivity index (χ3v) is 4.80. The molecule has 30 heavy (non-hydrogen) atoms. The van der Waals surface area contributed by atoms with E-state index in [1.807, 2.05) is 45.0 Å². The Morgan fingerprint density at radius 3 is 2.53 bits per heavy atom. The van der Waals surface area contributed by atoms with E-state index in [2.05, 4.69) is 25.5 Å². The topological polar surface area (TPSA) is 110 Å². The highest BCUT2D eigenvalue weighted by atomic mass is 16.5. The zero-order valence-electron chi connectivity index (χ0n) is 18.4. The van der Waals surface area contributed by atoms with Crippen LogP contribution in [0.4, 0.5) is 4.79 Å². The van der Waals surface area contributed by atoms with Crippen molar-refractivity contribution in [1.82, 2.24) is 15.6 Å². The number of rotatable bonds is 9. The molecule has 9 heteroatoms. The van der Waals surface area contributed by atoms with Crippen LogP contribution < -0.4 is 21.2 Å². The normalized spacial score (nSPS) is 16.6. The molecule has 1 saturated heterocycles. The van der Waals surface area contributed by atoms with Crippen LogP contribution in [0.25, 0.3) is 0 Å². The Labute approximate surface area is 178 Å². The fraction of sp³-hybridized carbons (Fsp3) is 0.619. The van der Waals surface area contributed by atoms with Crippen molar-refractivity contribution < 1.29 is 19.0 Å². The molecule has 1 aromatic carbocycles. The lowest BCUT2D eigenvalue weighted by atomic mass is 9.86. The molecular formula is C21H35N5O4. The van der Waals surface area contributed by atoms with Gasteiger partial charge in [-0.1, -0.05) is 32.9 Å². The fourth-order valence-electron chi connectivity index (χ4n) is 3.02. The SMILES string of the molecule is COC(=O)N[C@H](/C(N)=N/NCc1ccc(OCCN2CCOCC2)cc1)C(C)(C)C. The summed E-state index contributed by atoms with van der Waals surface area (Å²) in [6.45, 7) is 11.5. The number of nitrogens with one attached hydrogen (secondary N) is 2. The van der Waals surface area contributed by atoms with Crippen LogP contribution in [0.3, 0.4) is 0 Å². The van der Waals surface area contributed by atoms with Gasteiger partial charge in [-0.2, -0.15) is 5.10 Å². The molecule has 0 aliphatic carbocycles. The zero-order valence-corrected chi connectivity index (χ0v) is 18.4. The van der Waals surface area contributed by atoms with Gasteiger partial charge in [-0.25, -0.2) is 4.79 Å². The summed E-state index contributed by atoms with van der Waals surface area (Å²) in [7, 11) is 1.32. The van der Waals surface area contributed by atoms with Crippen molar-refractivity contribution in [3.63, 3.8) is 0 Å². The number of amides is 1. The number of hydrazone groups is 1. The van der Waals surface area contributed by atoms with Crippen molar-refractivity contribution in [3.8, 4) is 5.75 Å². The number of carbonyl (C=O) groups is 1. The standard InChI is InChI=1S/C21H35N5O4/c1-21(2,3)18(24-20(27)28-4)19(22)25-23-15-16-5-7-17(8-6-16)30-14-11-26-9-12-29-13-10-26/h5-8,18,23H,9-15H2,1-4H3,(H2,22,25)(H,24,27)/t18-/m1/s1. The minimum absolute atomic E-state index is 0.288. The molecule has 4 N–H and O–H groups in total. The smallest absolute Gasteiger partial charge is 0.407 e. The lowest BCUT2D eigenvalue weighted by Gasteiger charge is -2.30. The number of morpholine rings is 1. The maximum Gasteiger partial charge on any atom is 0.407 e.